The molecule has 0 aliphatic carbocycles. The molecule has 0 unspecified atom stereocenters. The van der Waals surface area contributed by atoms with E-state index in [9.17, 15) is 0 Å². The number of hydrogen-bond acceptors (Lipinski definition) is 5. The van der Waals surface area contributed by atoms with Gasteiger partial charge in [0.15, 0.2) is 0 Å². The van der Waals surface area contributed by atoms with Crippen molar-refractivity contribution in [2.45, 2.75) is 52.4 Å². The molecule has 1 aliphatic rings. The molecule has 0 atom stereocenters. The maximum Gasteiger partial charge on any atom is 0.228 e. The van der Waals surface area contributed by atoms with Gasteiger partial charge in [-0.15, -0.1) is 0 Å². The molecular weight excluding hydrogens is 785 g/mol. The summed E-state index contributed by atoms with van der Waals surface area (Å²) in [6.07, 6.45) is 1.73. The number of aromatic nitrogens is 2. The van der Waals surface area contributed by atoms with Crippen LogP contribution in [0.5, 0.6) is 11.5 Å². The van der Waals surface area contributed by atoms with Gasteiger partial charge in [0.25, 0.3) is 0 Å². The Balaban J connectivity index is 1.03. The Labute approximate surface area is 374 Å². The molecular formula is C58H50N4O2. The molecule has 0 radical (unpaired) electrons. The standard InChI is InChI=1S/C58H50N4O2/c1-57(2,3)40-32-41(60-37-61(52-27-16-15-26-51(52)60)55-44(38-18-9-7-10-19-38)23-17-24-45(55)39-20-11-8-12-21-39)34-43(33-40)64-42-28-29-47-46-22-13-14-25-50(46)62(53(47)35-42)54-36-49(58(4,5)6)48-30-31-63-56(48)59-54/h7-36H,37H2,1-6H3. The number of benzene rings is 7. The largest absolute Gasteiger partial charge is 0.457 e. The Bertz CT molecular complexity index is 3310. The number of fused-ring (bicyclic) bond motifs is 5. The zero-order valence-electron chi connectivity index (χ0n) is 37.1. The number of rotatable bonds is 7. The van der Waals surface area contributed by atoms with Crippen molar-refractivity contribution in [1.82, 2.24) is 9.55 Å². The Morgan fingerprint density at radius 1 is 0.516 bits per heavy atom. The Kier molecular flexibility index (Phi) is 9.24. The summed E-state index contributed by atoms with van der Waals surface area (Å²) in [5.41, 5.74) is 14.1. The monoisotopic (exact) mass is 834 g/mol. The number of furan rings is 1. The molecule has 11 rings (SSSR count). The lowest BCUT2D eigenvalue weighted by molar-refractivity contribution is 0.479. The summed E-state index contributed by atoms with van der Waals surface area (Å²) in [6.45, 7) is 14.1. The number of para-hydroxylation sites is 4. The number of ether oxygens (including phenoxy) is 1. The summed E-state index contributed by atoms with van der Waals surface area (Å²) in [7, 11) is 0. The highest BCUT2D eigenvalue weighted by Crippen LogP contribution is 2.51. The van der Waals surface area contributed by atoms with Gasteiger partial charge >= 0.3 is 0 Å². The molecule has 4 heterocycles. The van der Waals surface area contributed by atoms with E-state index in [0.717, 1.165) is 61.6 Å². The van der Waals surface area contributed by atoms with Crippen molar-refractivity contribution < 1.29 is 9.15 Å². The molecule has 6 heteroatoms. The van der Waals surface area contributed by atoms with Crippen molar-refractivity contribution in [1.29, 1.82) is 0 Å². The van der Waals surface area contributed by atoms with Gasteiger partial charge in [-0.05, 0) is 87.7 Å². The van der Waals surface area contributed by atoms with Gasteiger partial charge < -0.3 is 19.0 Å². The van der Waals surface area contributed by atoms with Crippen LogP contribution in [0, 0.1) is 0 Å². The molecule has 3 aromatic heterocycles. The first-order valence-electron chi connectivity index (χ1n) is 22.1. The molecule has 0 fully saturated rings. The minimum absolute atomic E-state index is 0.120. The van der Waals surface area contributed by atoms with E-state index in [4.69, 9.17) is 14.1 Å². The quantitative estimate of drug-likeness (QED) is 0.160. The third kappa shape index (κ3) is 6.78. The molecule has 7 aromatic carbocycles. The molecule has 0 saturated heterocycles. The van der Waals surface area contributed by atoms with E-state index in [1.54, 1.807) is 6.26 Å². The molecule has 10 aromatic rings. The van der Waals surface area contributed by atoms with Crippen LogP contribution in [-0.2, 0) is 10.8 Å². The molecule has 314 valence electrons. The molecule has 0 N–H and O–H groups in total. The van der Waals surface area contributed by atoms with Crippen LogP contribution in [0.25, 0.3) is 61.0 Å². The van der Waals surface area contributed by atoms with Crippen molar-refractivity contribution >= 4 is 55.7 Å². The smallest absolute Gasteiger partial charge is 0.228 e. The minimum Gasteiger partial charge on any atom is -0.457 e. The van der Waals surface area contributed by atoms with Crippen molar-refractivity contribution in [3.8, 4) is 39.6 Å². The van der Waals surface area contributed by atoms with Crippen LogP contribution in [0.1, 0.15) is 52.7 Å². The Morgan fingerprint density at radius 2 is 1.16 bits per heavy atom. The number of pyridine rings is 1. The van der Waals surface area contributed by atoms with Crippen LogP contribution < -0.4 is 14.5 Å². The number of nitrogens with zero attached hydrogens (tertiary/aromatic N) is 4. The van der Waals surface area contributed by atoms with Crippen molar-refractivity contribution in [2.75, 3.05) is 16.5 Å². The molecule has 0 saturated carbocycles. The van der Waals surface area contributed by atoms with Gasteiger partial charge in [0, 0.05) is 45.1 Å². The predicted molar refractivity (Wildman–Crippen MR) is 265 cm³/mol. The molecule has 64 heavy (non-hydrogen) atoms. The van der Waals surface area contributed by atoms with Crippen molar-refractivity contribution in [2.24, 2.45) is 0 Å². The van der Waals surface area contributed by atoms with E-state index >= 15 is 0 Å². The molecule has 0 bridgehead atoms. The van der Waals surface area contributed by atoms with E-state index in [1.807, 2.05) is 6.07 Å². The second kappa shape index (κ2) is 15.1. The van der Waals surface area contributed by atoms with Crippen molar-refractivity contribution in [3.63, 3.8) is 0 Å². The zero-order valence-corrected chi connectivity index (χ0v) is 37.1. The van der Waals surface area contributed by atoms with Crippen LogP contribution in [0.3, 0.4) is 0 Å². The number of anilines is 4. The Morgan fingerprint density at radius 3 is 1.84 bits per heavy atom. The van der Waals surface area contributed by atoms with Gasteiger partial charge in [-0.1, -0.05) is 151 Å². The van der Waals surface area contributed by atoms with Crippen LogP contribution in [0.4, 0.5) is 22.7 Å². The minimum atomic E-state index is -0.148. The Hall–Kier alpha value is -7.57. The normalized spacial score (nSPS) is 13.0. The fourth-order valence-corrected chi connectivity index (χ4v) is 9.46. The van der Waals surface area contributed by atoms with Gasteiger partial charge in [0.05, 0.1) is 34.4 Å². The first kappa shape index (κ1) is 39.3. The van der Waals surface area contributed by atoms with Crippen molar-refractivity contribution in [3.05, 3.63) is 193 Å². The summed E-state index contributed by atoms with van der Waals surface area (Å²) >= 11 is 0. The SMILES string of the molecule is CC(C)(C)c1cc(Oc2ccc3c4ccccc4n(-c4cc(C(C)(C)C)c5ccoc5n4)c3c2)cc(N2CN(c3c(-c4ccccc4)cccc3-c3ccccc3)c3ccccc32)c1. The highest BCUT2D eigenvalue weighted by Gasteiger charge is 2.32. The van der Waals surface area contributed by atoms with E-state index in [2.05, 4.69) is 226 Å². The van der Waals surface area contributed by atoms with Gasteiger partial charge in [-0.25, -0.2) is 0 Å². The average molecular weight is 835 g/mol. The third-order valence-corrected chi connectivity index (χ3v) is 12.6. The van der Waals surface area contributed by atoms with Crippen LogP contribution in [0.15, 0.2) is 187 Å². The maximum absolute atomic E-state index is 7.01. The van der Waals surface area contributed by atoms with Crippen LogP contribution in [-0.4, -0.2) is 16.2 Å². The van der Waals surface area contributed by atoms with E-state index < -0.39 is 0 Å². The van der Waals surface area contributed by atoms with E-state index in [-0.39, 0.29) is 10.8 Å². The third-order valence-electron chi connectivity index (χ3n) is 12.6. The lowest BCUT2D eigenvalue weighted by Crippen LogP contribution is -2.25. The fraction of sp³-hybridized carbons (Fsp3) is 0.155. The first-order valence-corrected chi connectivity index (χ1v) is 22.1. The molecule has 6 nitrogen and oxygen atoms in total. The maximum atomic E-state index is 7.01. The summed E-state index contributed by atoms with van der Waals surface area (Å²) in [4.78, 5) is 10.0. The molecule has 1 aliphatic heterocycles. The second-order valence-electron chi connectivity index (χ2n) is 18.9. The summed E-state index contributed by atoms with van der Waals surface area (Å²) < 4.78 is 15.2. The molecule has 0 spiro atoms. The first-order chi connectivity index (χ1) is 31.0. The van der Waals surface area contributed by atoms with Gasteiger partial charge in [0.2, 0.25) is 5.71 Å². The summed E-state index contributed by atoms with van der Waals surface area (Å²) in [6, 6.07) is 62.8. The predicted octanol–water partition coefficient (Wildman–Crippen LogP) is 15.9. The average Bonchev–Trinajstić information content (AvgIpc) is 4.03. The topological polar surface area (TPSA) is 46.7 Å². The highest BCUT2D eigenvalue weighted by atomic mass is 16.5. The summed E-state index contributed by atoms with van der Waals surface area (Å²) in [5, 5.41) is 3.32. The number of hydrogen-bond donors (Lipinski definition) is 0. The van der Waals surface area contributed by atoms with Gasteiger partial charge in [-0.2, -0.15) is 4.98 Å². The molecule has 0 amide bonds. The van der Waals surface area contributed by atoms with Crippen LogP contribution >= 0.6 is 0 Å². The summed E-state index contributed by atoms with van der Waals surface area (Å²) in [5.74, 6) is 2.34. The fourth-order valence-electron chi connectivity index (χ4n) is 9.46. The lowest BCUT2D eigenvalue weighted by Gasteiger charge is -2.28. The highest BCUT2D eigenvalue weighted by molar-refractivity contribution is 6.09. The lowest BCUT2D eigenvalue weighted by atomic mass is 9.85. The van der Waals surface area contributed by atoms with Gasteiger partial charge in [0.1, 0.15) is 24.0 Å². The van der Waals surface area contributed by atoms with Gasteiger partial charge in [-0.3, -0.25) is 4.57 Å². The zero-order chi connectivity index (χ0) is 43.7. The van der Waals surface area contributed by atoms with E-state index in [0.29, 0.717) is 12.4 Å². The van der Waals surface area contributed by atoms with Crippen LogP contribution in [0.2, 0.25) is 0 Å². The van der Waals surface area contributed by atoms with E-state index in [1.165, 1.54) is 39.1 Å². The second-order valence-corrected chi connectivity index (χ2v) is 18.9.